The van der Waals surface area contributed by atoms with Crippen LogP contribution in [0.25, 0.3) is 0 Å². The average Bonchev–Trinajstić information content (AvgIpc) is 2.84. The van der Waals surface area contributed by atoms with Gasteiger partial charge in [0.15, 0.2) is 5.13 Å². The van der Waals surface area contributed by atoms with Crippen LogP contribution in [0.5, 0.6) is 5.75 Å². The van der Waals surface area contributed by atoms with Gasteiger partial charge in [-0.05, 0) is 12.1 Å². The molecule has 0 aliphatic heterocycles. The fourth-order valence-corrected chi connectivity index (χ4v) is 2.12. The number of hydrazone groups is 1. The van der Waals surface area contributed by atoms with Crippen molar-refractivity contribution in [2.75, 3.05) is 12.8 Å². The number of nitrogens with zero attached hydrogens (tertiary/aromatic N) is 2. The summed E-state index contributed by atoms with van der Waals surface area (Å²) in [6, 6.07) is 7.39. The maximum atomic E-state index is 11.6. The van der Waals surface area contributed by atoms with Gasteiger partial charge >= 0.3 is 0 Å². The Kier molecular flexibility index (Phi) is 4.67. The number of hydrogen-bond acceptors (Lipinski definition) is 6. The van der Waals surface area contributed by atoms with E-state index in [0.717, 1.165) is 5.56 Å². The van der Waals surface area contributed by atoms with Crippen molar-refractivity contribution in [3.8, 4) is 5.75 Å². The molecule has 7 heteroatoms. The molecule has 2 aromatic rings. The highest BCUT2D eigenvalue weighted by atomic mass is 32.1. The number of amides is 1. The van der Waals surface area contributed by atoms with Crippen molar-refractivity contribution in [3.05, 3.63) is 40.9 Å². The smallest absolute Gasteiger partial charge is 0.246 e. The second-order valence-corrected chi connectivity index (χ2v) is 4.78. The van der Waals surface area contributed by atoms with E-state index in [1.54, 1.807) is 12.5 Å². The van der Waals surface area contributed by atoms with Gasteiger partial charge in [-0.15, -0.1) is 11.3 Å². The van der Waals surface area contributed by atoms with Crippen LogP contribution in [0.1, 0.15) is 11.3 Å². The molecular weight excluding hydrogens is 276 g/mol. The lowest BCUT2D eigenvalue weighted by Gasteiger charge is -2.02. The number of anilines is 1. The minimum Gasteiger partial charge on any atom is -0.496 e. The predicted molar refractivity (Wildman–Crippen MR) is 79.0 cm³/mol. The van der Waals surface area contributed by atoms with E-state index in [1.165, 1.54) is 17.6 Å². The summed E-state index contributed by atoms with van der Waals surface area (Å²) in [5.74, 6) is 0.444. The lowest BCUT2D eigenvalue weighted by Crippen LogP contribution is -2.20. The number of rotatable bonds is 5. The van der Waals surface area contributed by atoms with Gasteiger partial charge in [-0.25, -0.2) is 10.4 Å². The van der Waals surface area contributed by atoms with Gasteiger partial charge in [-0.2, -0.15) is 5.10 Å². The molecule has 2 rings (SSSR count). The zero-order chi connectivity index (χ0) is 14.4. The first-order valence-corrected chi connectivity index (χ1v) is 6.72. The monoisotopic (exact) mass is 290 g/mol. The Bertz CT molecular complexity index is 624. The Balaban J connectivity index is 1.91. The van der Waals surface area contributed by atoms with Crippen LogP contribution in [0.15, 0.2) is 34.7 Å². The highest BCUT2D eigenvalue weighted by Crippen LogP contribution is 2.14. The van der Waals surface area contributed by atoms with Crippen LogP contribution in [0, 0.1) is 0 Å². The molecule has 104 valence electrons. The van der Waals surface area contributed by atoms with Gasteiger partial charge in [-0.3, -0.25) is 4.79 Å². The van der Waals surface area contributed by atoms with Crippen LogP contribution in [0.4, 0.5) is 5.13 Å². The lowest BCUT2D eigenvalue weighted by molar-refractivity contribution is -0.120. The van der Waals surface area contributed by atoms with E-state index in [9.17, 15) is 4.79 Å². The number of ether oxygens (including phenoxy) is 1. The van der Waals surface area contributed by atoms with Crippen LogP contribution in [-0.2, 0) is 11.2 Å². The van der Waals surface area contributed by atoms with Gasteiger partial charge in [-0.1, -0.05) is 12.1 Å². The van der Waals surface area contributed by atoms with E-state index in [4.69, 9.17) is 10.5 Å². The first-order valence-electron chi connectivity index (χ1n) is 5.84. The van der Waals surface area contributed by atoms with Crippen molar-refractivity contribution in [2.45, 2.75) is 6.42 Å². The second kappa shape index (κ2) is 6.67. The molecule has 0 spiro atoms. The molecule has 1 amide bonds. The van der Waals surface area contributed by atoms with Gasteiger partial charge in [0.05, 0.1) is 25.4 Å². The number of thiazole rings is 1. The molecule has 6 nitrogen and oxygen atoms in total. The molecule has 0 bridgehead atoms. The first-order chi connectivity index (χ1) is 9.69. The Hall–Kier alpha value is -2.41. The Morgan fingerprint density at radius 3 is 3.05 bits per heavy atom. The van der Waals surface area contributed by atoms with Crippen LogP contribution < -0.4 is 15.9 Å². The maximum Gasteiger partial charge on any atom is 0.246 e. The fourth-order valence-electron chi connectivity index (χ4n) is 1.55. The third-order valence-corrected chi connectivity index (χ3v) is 3.17. The Morgan fingerprint density at radius 2 is 2.35 bits per heavy atom. The molecule has 0 aliphatic carbocycles. The molecule has 1 aromatic carbocycles. The van der Waals surface area contributed by atoms with Crippen LogP contribution in [-0.4, -0.2) is 24.2 Å². The SMILES string of the molecule is COc1ccccc1/C=N/NC(=O)Cc1csc(N)n1. The van der Waals surface area contributed by atoms with E-state index in [0.29, 0.717) is 16.6 Å². The largest absolute Gasteiger partial charge is 0.496 e. The number of carbonyl (C=O) groups is 1. The van der Waals surface area contributed by atoms with E-state index in [2.05, 4.69) is 15.5 Å². The fraction of sp³-hybridized carbons (Fsp3) is 0.154. The standard InChI is InChI=1S/C13H14N4O2S/c1-19-11-5-3-2-4-9(11)7-15-17-12(18)6-10-8-20-13(14)16-10/h2-5,7-8H,6H2,1H3,(H2,14,16)(H,17,18)/b15-7+. The number of nitrogen functional groups attached to an aromatic ring is 1. The first kappa shape index (κ1) is 14.0. The summed E-state index contributed by atoms with van der Waals surface area (Å²) in [7, 11) is 1.58. The zero-order valence-corrected chi connectivity index (χ0v) is 11.7. The number of nitrogens with one attached hydrogen (secondary N) is 1. The molecule has 0 fully saturated rings. The van der Waals surface area contributed by atoms with E-state index < -0.39 is 0 Å². The lowest BCUT2D eigenvalue weighted by atomic mass is 10.2. The highest BCUT2D eigenvalue weighted by molar-refractivity contribution is 7.13. The third kappa shape index (κ3) is 3.79. The predicted octanol–water partition coefficient (Wildman–Crippen LogP) is 1.43. The number of para-hydroxylation sites is 1. The summed E-state index contributed by atoms with van der Waals surface area (Å²) in [5, 5.41) is 6.09. The summed E-state index contributed by atoms with van der Waals surface area (Å²) in [4.78, 5) is 15.6. The summed E-state index contributed by atoms with van der Waals surface area (Å²) in [6.07, 6.45) is 1.68. The van der Waals surface area contributed by atoms with E-state index >= 15 is 0 Å². The normalized spacial score (nSPS) is 10.7. The molecular formula is C13H14N4O2S. The number of methoxy groups -OCH3 is 1. The summed E-state index contributed by atoms with van der Waals surface area (Å²) in [6.45, 7) is 0. The molecule has 1 heterocycles. The molecule has 0 unspecified atom stereocenters. The molecule has 0 aliphatic rings. The molecule has 0 saturated heterocycles. The minimum absolute atomic E-state index is 0.150. The van der Waals surface area contributed by atoms with E-state index in [-0.39, 0.29) is 12.3 Å². The van der Waals surface area contributed by atoms with Crippen LogP contribution >= 0.6 is 11.3 Å². The summed E-state index contributed by atoms with van der Waals surface area (Å²) in [5.41, 5.74) is 9.36. The van der Waals surface area contributed by atoms with E-state index in [1.807, 2.05) is 24.3 Å². The molecule has 1 aromatic heterocycles. The molecule has 0 saturated carbocycles. The van der Waals surface area contributed by atoms with Gasteiger partial charge in [0, 0.05) is 10.9 Å². The average molecular weight is 290 g/mol. The minimum atomic E-state index is -0.249. The zero-order valence-electron chi connectivity index (χ0n) is 10.9. The highest BCUT2D eigenvalue weighted by Gasteiger charge is 2.05. The topological polar surface area (TPSA) is 89.6 Å². The number of hydrogen-bond donors (Lipinski definition) is 2. The number of nitrogens with two attached hydrogens (primary N) is 1. The quantitative estimate of drug-likeness (QED) is 0.644. The summed E-state index contributed by atoms with van der Waals surface area (Å²) >= 11 is 1.30. The number of carbonyl (C=O) groups excluding carboxylic acids is 1. The van der Waals surface area contributed by atoms with Crippen molar-refractivity contribution in [1.82, 2.24) is 10.4 Å². The second-order valence-electron chi connectivity index (χ2n) is 3.89. The van der Waals surface area contributed by atoms with Crippen LogP contribution in [0.2, 0.25) is 0 Å². The van der Waals surface area contributed by atoms with Gasteiger partial charge < -0.3 is 10.5 Å². The molecule has 3 N–H and O–H groups in total. The van der Waals surface area contributed by atoms with Crippen LogP contribution in [0.3, 0.4) is 0 Å². The number of aromatic nitrogens is 1. The van der Waals surface area contributed by atoms with Gasteiger partial charge in [0.2, 0.25) is 5.91 Å². The third-order valence-electron chi connectivity index (χ3n) is 2.44. The van der Waals surface area contributed by atoms with Gasteiger partial charge in [0.25, 0.3) is 0 Å². The Morgan fingerprint density at radius 1 is 1.55 bits per heavy atom. The summed E-state index contributed by atoms with van der Waals surface area (Å²) < 4.78 is 5.17. The molecule has 0 radical (unpaired) electrons. The van der Waals surface area contributed by atoms with Crippen molar-refractivity contribution >= 4 is 28.6 Å². The molecule has 0 atom stereocenters. The molecule has 20 heavy (non-hydrogen) atoms. The van der Waals surface area contributed by atoms with Gasteiger partial charge in [0.1, 0.15) is 5.75 Å². The van der Waals surface area contributed by atoms with Crippen molar-refractivity contribution in [2.24, 2.45) is 5.10 Å². The van der Waals surface area contributed by atoms with Crippen molar-refractivity contribution in [3.63, 3.8) is 0 Å². The number of benzene rings is 1. The van der Waals surface area contributed by atoms with Crippen molar-refractivity contribution < 1.29 is 9.53 Å². The Labute approximate surface area is 120 Å². The maximum absolute atomic E-state index is 11.6. The van der Waals surface area contributed by atoms with Crippen molar-refractivity contribution in [1.29, 1.82) is 0 Å².